The molecule has 0 bridgehead atoms. The average molecular weight is 386 g/mol. The number of rotatable bonds is 3. The lowest BCUT2D eigenvalue weighted by Crippen LogP contribution is -2.16. The highest BCUT2D eigenvalue weighted by Crippen LogP contribution is 2.40. The van der Waals surface area contributed by atoms with E-state index in [1.165, 1.54) is 5.56 Å². The van der Waals surface area contributed by atoms with Gasteiger partial charge in [-0.2, -0.15) is 0 Å². The number of hydrogen-bond acceptors (Lipinski definition) is 3. The molecule has 4 rings (SSSR count). The van der Waals surface area contributed by atoms with E-state index in [1.54, 1.807) is 6.07 Å². The van der Waals surface area contributed by atoms with E-state index < -0.39 is 0 Å². The number of hydrogen-bond donors (Lipinski definition) is 2. The third-order valence-electron chi connectivity index (χ3n) is 5.89. The highest BCUT2D eigenvalue weighted by molar-refractivity contribution is 6.15. The Morgan fingerprint density at radius 3 is 2.31 bits per heavy atom. The van der Waals surface area contributed by atoms with Gasteiger partial charge in [0, 0.05) is 22.4 Å². The van der Waals surface area contributed by atoms with Crippen molar-refractivity contribution in [2.75, 3.05) is 14.1 Å². The molecule has 0 saturated carbocycles. The predicted molar refractivity (Wildman–Crippen MR) is 121 cm³/mol. The molecule has 0 aliphatic rings. The van der Waals surface area contributed by atoms with Gasteiger partial charge in [-0.25, -0.2) is 0 Å². The molecule has 0 aliphatic carbocycles. The molecule has 148 valence electrons. The fourth-order valence-electron chi connectivity index (χ4n) is 3.99. The minimum atomic E-state index is -0.109. The Morgan fingerprint density at radius 1 is 0.966 bits per heavy atom. The molecule has 0 spiro atoms. The van der Waals surface area contributed by atoms with Crippen molar-refractivity contribution in [2.24, 2.45) is 0 Å². The summed E-state index contributed by atoms with van der Waals surface area (Å²) in [5.41, 5.74) is 5.47. The second kappa shape index (κ2) is 7.05. The van der Waals surface area contributed by atoms with E-state index in [-0.39, 0.29) is 11.3 Å². The van der Waals surface area contributed by atoms with E-state index in [2.05, 4.69) is 43.0 Å². The Balaban J connectivity index is 2.07. The molecule has 0 fully saturated rings. The van der Waals surface area contributed by atoms with Crippen LogP contribution in [0.4, 0.5) is 0 Å². The van der Waals surface area contributed by atoms with Gasteiger partial charge in [-0.15, -0.1) is 0 Å². The second-order valence-electron chi connectivity index (χ2n) is 8.10. The van der Waals surface area contributed by atoms with E-state index in [0.717, 1.165) is 38.5 Å². The number of aromatic amines is 1. The SMILES string of the molecule is Cc1ccc2c(=O)[nH]c3c(C)cc(O)c(-c4ccc([C@@H](C)N(C)C)cc4)c3c2c1. The summed E-state index contributed by atoms with van der Waals surface area (Å²) in [6.07, 6.45) is 0. The van der Waals surface area contributed by atoms with Gasteiger partial charge in [-0.3, -0.25) is 4.79 Å². The topological polar surface area (TPSA) is 56.3 Å². The van der Waals surface area contributed by atoms with Crippen molar-refractivity contribution in [1.82, 2.24) is 9.88 Å². The number of aromatic nitrogens is 1. The van der Waals surface area contributed by atoms with Gasteiger partial charge in [0.1, 0.15) is 5.75 Å². The average Bonchev–Trinajstić information content (AvgIpc) is 2.68. The van der Waals surface area contributed by atoms with Crippen LogP contribution in [-0.4, -0.2) is 29.1 Å². The molecule has 1 heterocycles. The molecule has 29 heavy (non-hydrogen) atoms. The first kappa shape index (κ1) is 19.2. The van der Waals surface area contributed by atoms with E-state index in [4.69, 9.17) is 0 Å². The fraction of sp³-hybridized carbons (Fsp3) is 0.240. The Morgan fingerprint density at radius 2 is 1.66 bits per heavy atom. The molecule has 0 radical (unpaired) electrons. The maximum absolute atomic E-state index is 12.6. The number of phenolic OH excluding ortho intramolecular Hbond substituents is 1. The molecule has 0 unspecified atom stereocenters. The quantitative estimate of drug-likeness (QED) is 0.470. The molecule has 0 amide bonds. The molecule has 4 heteroatoms. The minimum absolute atomic E-state index is 0.109. The lowest BCUT2D eigenvalue weighted by molar-refractivity contribution is 0.321. The van der Waals surface area contributed by atoms with Crippen LogP contribution in [0.2, 0.25) is 0 Å². The molecule has 4 nitrogen and oxygen atoms in total. The number of H-pyrrole nitrogens is 1. The first-order valence-electron chi connectivity index (χ1n) is 9.83. The predicted octanol–water partition coefficient (Wildman–Crippen LogP) is 5.29. The Bertz CT molecular complexity index is 1280. The van der Waals surface area contributed by atoms with Crippen LogP contribution in [0, 0.1) is 13.8 Å². The zero-order valence-corrected chi connectivity index (χ0v) is 17.5. The summed E-state index contributed by atoms with van der Waals surface area (Å²) in [7, 11) is 4.12. The summed E-state index contributed by atoms with van der Waals surface area (Å²) in [6.45, 7) is 6.08. The molecule has 0 saturated heterocycles. The van der Waals surface area contributed by atoms with Crippen LogP contribution >= 0.6 is 0 Å². The van der Waals surface area contributed by atoms with Gasteiger partial charge in [0.05, 0.1) is 5.52 Å². The van der Waals surface area contributed by atoms with Crippen LogP contribution in [0.15, 0.2) is 53.3 Å². The van der Waals surface area contributed by atoms with Gasteiger partial charge in [0.25, 0.3) is 5.56 Å². The van der Waals surface area contributed by atoms with Crippen LogP contribution < -0.4 is 5.56 Å². The zero-order valence-electron chi connectivity index (χ0n) is 17.5. The largest absolute Gasteiger partial charge is 0.507 e. The lowest BCUT2D eigenvalue weighted by atomic mass is 9.92. The first-order chi connectivity index (χ1) is 13.8. The minimum Gasteiger partial charge on any atom is -0.507 e. The van der Waals surface area contributed by atoms with Gasteiger partial charge >= 0.3 is 0 Å². The number of nitrogens with zero attached hydrogens (tertiary/aromatic N) is 1. The summed E-state index contributed by atoms with van der Waals surface area (Å²) in [5.74, 6) is 0.221. The summed E-state index contributed by atoms with van der Waals surface area (Å²) < 4.78 is 0. The van der Waals surface area contributed by atoms with E-state index in [0.29, 0.717) is 11.4 Å². The smallest absolute Gasteiger partial charge is 0.256 e. The number of benzene rings is 3. The Labute approximate surface area is 170 Å². The summed E-state index contributed by atoms with van der Waals surface area (Å²) in [5, 5.41) is 13.3. The van der Waals surface area contributed by atoms with E-state index >= 15 is 0 Å². The van der Waals surface area contributed by atoms with Crippen LogP contribution in [0.3, 0.4) is 0 Å². The zero-order chi connectivity index (χ0) is 20.9. The van der Waals surface area contributed by atoms with Crippen LogP contribution in [0.1, 0.15) is 29.7 Å². The second-order valence-corrected chi connectivity index (χ2v) is 8.10. The molecule has 4 aromatic rings. The van der Waals surface area contributed by atoms with Gasteiger partial charge in [-0.1, -0.05) is 42.0 Å². The summed E-state index contributed by atoms with van der Waals surface area (Å²) >= 11 is 0. The standard InChI is InChI=1S/C25H26N2O2/c1-14-6-11-19-20(12-14)23-22(21(28)13-15(2)24(23)26-25(19)29)18-9-7-17(8-10-18)16(3)27(4)5/h6-13,16,28H,1-5H3,(H,26,29)/t16-/m1/s1. The highest BCUT2D eigenvalue weighted by atomic mass is 16.3. The van der Waals surface area contributed by atoms with Crippen molar-refractivity contribution in [1.29, 1.82) is 0 Å². The van der Waals surface area contributed by atoms with Gasteiger partial charge in [0.2, 0.25) is 0 Å². The third kappa shape index (κ3) is 3.19. The van der Waals surface area contributed by atoms with Crippen LogP contribution in [-0.2, 0) is 0 Å². The monoisotopic (exact) mass is 386 g/mol. The summed E-state index contributed by atoms with van der Waals surface area (Å²) in [6, 6.07) is 16.1. The highest BCUT2D eigenvalue weighted by Gasteiger charge is 2.17. The van der Waals surface area contributed by atoms with Gasteiger partial charge < -0.3 is 15.0 Å². The number of nitrogens with one attached hydrogen (secondary N) is 1. The van der Waals surface area contributed by atoms with Crippen molar-refractivity contribution in [2.45, 2.75) is 26.8 Å². The van der Waals surface area contributed by atoms with Crippen molar-refractivity contribution in [3.05, 3.63) is 75.6 Å². The molecule has 2 N–H and O–H groups in total. The van der Waals surface area contributed by atoms with Crippen LogP contribution in [0.25, 0.3) is 32.8 Å². The number of fused-ring (bicyclic) bond motifs is 3. The van der Waals surface area contributed by atoms with Gasteiger partial charge in [-0.05, 0) is 69.1 Å². The third-order valence-corrected chi connectivity index (χ3v) is 5.89. The maximum atomic E-state index is 12.6. The van der Waals surface area contributed by atoms with Crippen molar-refractivity contribution in [3.8, 4) is 16.9 Å². The molecule has 3 aromatic carbocycles. The van der Waals surface area contributed by atoms with E-state index in [9.17, 15) is 9.90 Å². The first-order valence-corrected chi connectivity index (χ1v) is 9.83. The Hall–Kier alpha value is -3.11. The van der Waals surface area contributed by atoms with Crippen molar-refractivity contribution < 1.29 is 5.11 Å². The normalized spacial score (nSPS) is 12.8. The Kier molecular flexibility index (Phi) is 4.67. The number of aromatic hydroxyl groups is 1. The number of phenols is 1. The van der Waals surface area contributed by atoms with Crippen LogP contribution in [0.5, 0.6) is 5.75 Å². The molecule has 0 aliphatic heterocycles. The molecular weight excluding hydrogens is 360 g/mol. The molecule has 1 aromatic heterocycles. The van der Waals surface area contributed by atoms with Crippen molar-refractivity contribution in [3.63, 3.8) is 0 Å². The molecule has 1 atom stereocenters. The number of pyridine rings is 1. The van der Waals surface area contributed by atoms with Crippen molar-refractivity contribution >= 4 is 21.7 Å². The fourth-order valence-corrected chi connectivity index (χ4v) is 3.99. The lowest BCUT2D eigenvalue weighted by Gasteiger charge is -2.20. The van der Waals surface area contributed by atoms with E-state index in [1.807, 2.05) is 44.2 Å². The molecular formula is C25H26N2O2. The maximum Gasteiger partial charge on any atom is 0.256 e. The summed E-state index contributed by atoms with van der Waals surface area (Å²) in [4.78, 5) is 17.8. The number of aryl methyl sites for hydroxylation is 2. The van der Waals surface area contributed by atoms with Gasteiger partial charge in [0.15, 0.2) is 0 Å².